The molecule has 0 fully saturated rings. The third-order valence-corrected chi connectivity index (χ3v) is 10.9. The summed E-state index contributed by atoms with van der Waals surface area (Å²) in [6.45, 7) is 2.38. The normalized spacial score (nSPS) is 13.9. The van der Waals surface area contributed by atoms with E-state index in [0.29, 0.717) is 12.8 Å². The maximum atomic E-state index is 12.6. The van der Waals surface area contributed by atoms with E-state index in [2.05, 4.69) is 26.0 Å². The molecule has 0 aromatic heterocycles. The number of allylic oxidation sites excluding steroid dienone is 2. The Bertz CT molecular complexity index is 930. The van der Waals surface area contributed by atoms with Crippen molar-refractivity contribution >= 4 is 19.8 Å². The van der Waals surface area contributed by atoms with Crippen molar-refractivity contribution in [2.75, 3.05) is 26.4 Å². The number of aliphatic hydroxyl groups is 2. The van der Waals surface area contributed by atoms with Gasteiger partial charge in [0.1, 0.15) is 12.7 Å². The maximum absolute atomic E-state index is 12.6. The summed E-state index contributed by atoms with van der Waals surface area (Å²) in [5.41, 5.74) is 0. The molecule has 10 nitrogen and oxygen atoms in total. The van der Waals surface area contributed by atoms with Gasteiger partial charge in [-0.05, 0) is 32.1 Å². The largest absolute Gasteiger partial charge is 0.472 e. The molecule has 0 aromatic rings. The molecular weight excluding hydrogens is 719 g/mol. The number of phosphoric ester groups is 1. The second-order valence-corrected chi connectivity index (χ2v) is 16.9. The van der Waals surface area contributed by atoms with Crippen LogP contribution in [0.5, 0.6) is 0 Å². The van der Waals surface area contributed by atoms with Crippen LogP contribution in [0, 0.1) is 0 Å². The molecule has 0 aromatic carbocycles. The average Bonchev–Trinajstić information content (AvgIpc) is 3.17. The summed E-state index contributed by atoms with van der Waals surface area (Å²) in [4.78, 5) is 35.0. The Hall–Kier alpha value is -1.29. The summed E-state index contributed by atoms with van der Waals surface area (Å²) >= 11 is 0. The van der Waals surface area contributed by atoms with E-state index in [-0.39, 0.29) is 19.4 Å². The van der Waals surface area contributed by atoms with Gasteiger partial charge in [0, 0.05) is 12.8 Å². The third-order valence-electron chi connectivity index (χ3n) is 9.92. The van der Waals surface area contributed by atoms with E-state index in [1.165, 1.54) is 148 Å². The van der Waals surface area contributed by atoms with Gasteiger partial charge >= 0.3 is 19.8 Å². The summed E-state index contributed by atoms with van der Waals surface area (Å²) in [5, 5.41) is 18.3. The zero-order valence-electron chi connectivity index (χ0n) is 35.4. The Kier molecular flexibility index (Phi) is 39.9. The molecule has 55 heavy (non-hydrogen) atoms. The van der Waals surface area contributed by atoms with Crippen LogP contribution in [0.4, 0.5) is 0 Å². The number of rotatable bonds is 43. The van der Waals surface area contributed by atoms with E-state index >= 15 is 0 Å². The molecular formula is C44H85O10P. The molecule has 0 aliphatic heterocycles. The molecule has 0 saturated heterocycles. The first-order valence-corrected chi connectivity index (χ1v) is 24.1. The fourth-order valence-corrected chi connectivity index (χ4v) is 7.18. The molecule has 0 aliphatic carbocycles. The predicted molar refractivity (Wildman–Crippen MR) is 224 cm³/mol. The van der Waals surface area contributed by atoms with Crippen molar-refractivity contribution in [3.8, 4) is 0 Å². The van der Waals surface area contributed by atoms with Crippen molar-refractivity contribution in [1.29, 1.82) is 0 Å². The second-order valence-electron chi connectivity index (χ2n) is 15.4. The van der Waals surface area contributed by atoms with Crippen molar-refractivity contribution in [2.24, 2.45) is 0 Å². The first-order valence-electron chi connectivity index (χ1n) is 22.6. The molecule has 0 rings (SSSR count). The molecule has 0 bridgehead atoms. The number of esters is 2. The maximum Gasteiger partial charge on any atom is 0.472 e. The number of unbranched alkanes of at least 4 members (excludes halogenated alkanes) is 27. The molecule has 11 heteroatoms. The molecule has 0 amide bonds. The van der Waals surface area contributed by atoms with E-state index in [0.717, 1.165) is 32.1 Å². The van der Waals surface area contributed by atoms with Crippen molar-refractivity contribution in [1.82, 2.24) is 0 Å². The molecule has 1 unspecified atom stereocenters. The lowest BCUT2D eigenvalue weighted by molar-refractivity contribution is -0.161. The Morgan fingerprint density at radius 3 is 1.36 bits per heavy atom. The van der Waals surface area contributed by atoms with Crippen LogP contribution < -0.4 is 0 Å². The molecule has 0 saturated carbocycles. The quantitative estimate of drug-likeness (QED) is 0.0235. The standard InChI is InChI=1S/C44H85O10P/c1-3-5-7-9-11-13-15-17-19-20-22-23-25-27-29-31-33-35-43(47)51-39-42(40-53-55(49,50)52-38-41(46)37-45)54-44(48)36-34-32-30-28-26-24-21-18-16-14-12-10-8-6-4-2/h10,12,41-42,45-46H,3-9,11,13-40H2,1-2H3,(H,49,50)/b12-10+/t41-,42+/m0/s1. The number of hydrogen-bond acceptors (Lipinski definition) is 9. The molecule has 326 valence electrons. The van der Waals surface area contributed by atoms with Crippen LogP contribution in [0.3, 0.4) is 0 Å². The fourth-order valence-electron chi connectivity index (χ4n) is 6.39. The van der Waals surface area contributed by atoms with Gasteiger partial charge in [0.15, 0.2) is 6.10 Å². The third kappa shape index (κ3) is 40.7. The Morgan fingerprint density at radius 1 is 0.527 bits per heavy atom. The first kappa shape index (κ1) is 53.7. The number of carbonyl (C=O) groups is 2. The minimum Gasteiger partial charge on any atom is -0.462 e. The van der Waals surface area contributed by atoms with Gasteiger partial charge in [-0.1, -0.05) is 187 Å². The van der Waals surface area contributed by atoms with Gasteiger partial charge in [0.2, 0.25) is 0 Å². The minimum atomic E-state index is -4.61. The van der Waals surface area contributed by atoms with Crippen LogP contribution in [0.15, 0.2) is 12.2 Å². The van der Waals surface area contributed by atoms with Gasteiger partial charge in [-0.15, -0.1) is 0 Å². The zero-order chi connectivity index (χ0) is 40.5. The zero-order valence-corrected chi connectivity index (χ0v) is 36.3. The van der Waals surface area contributed by atoms with Gasteiger partial charge in [-0.3, -0.25) is 18.6 Å². The van der Waals surface area contributed by atoms with Crippen molar-refractivity contribution < 1.29 is 47.8 Å². The van der Waals surface area contributed by atoms with Gasteiger partial charge in [-0.25, -0.2) is 4.57 Å². The highest BCUT2D eigenvalue weighted by Gasteiger charge is 2.27. The summed E-state index contributed by atoms with van der Waals surface area (Å²) < 4.78 is 32.7. The van der Waals surface area contributed by atoms with Crippen LogP contribution in [-0.4, -0.2) is 65.7 Å². The lowest BCUT2D eigenvalue weighted by Crippen LogP contribution is -2.29. The van der Waals surface area contributed by atoms with Gasteiger partial charge in [0.25, 0.3) is 0 Å². The highest BCUT2D eigenvalue weighted by molar-refractivity contribution is 7.47. The SMILES string of the molecule is CCCC/C=C/CCCCCCCCCCCC(=O)O[C@H](COC(=O)CCCCCCCCCCCCCCCCCCC)COP(=O)(O)OC[C@@H](O)CO. The molecule has 0 spiro atoms. The Morgan fingerprint density at radius 2 is 0.909 bits per heavy atom. The Balaban J connectivity index is 4.22. The van der Waals surface area contributed by atoms with E-state index in [1.807, 2.05) is 0 Å². The molecule has 0 heterocycles. The topological polar surface area (TPSA) is 149 Å². The van der Waals surface area contributed by atoms with Crippen molar-refractivity contribution in [3.05, 3.63) is 12.2 Å². The van der Waals surface area contributed by atoms with Crippen molar-refractivity contribution in [2.45, 2.75) is 232 Å². The first-order chi connectivity index (χ1) is 26.7. The smallest absolute Gasteiger partial charge is 0.462 e. The van der Waals surface area contributed by atoms with Gasteiger partial charge in [-0.2, -0.15) is 0 Å². The van der Waals surface area contributed by atoms with E-state index in [9.17, 15) is 24.2 Å². The highest BCUT2D eigenvalue weighted by Crippen LogP contribution is 2.43. The monoisotopic (exact) mass is 805 g/mol. The summed E-state index contributed by atoms with van der Waals surface area (Å²) in [6, 6.07) is 0. The summed E-state index contributed by atoms with van der Waals surface area (Å²) in [5.74, 6) is -0.915. The van der Waals surface area contributed by atoms with Crippen LogP contribution >= 0.6 is 7.82 Å². The number of ether oxygens (including phenoxy) is 2. The number of phosphoric acid groups is 1. The summed E-state index contributed by atoms with van der Waals surface area (Å²) in [7, 11) is -4.61. The van der Waals surface area contributed by atoms with Gasteiger partial charge < -0.3 is 24.6 Å². The summed E-state index contributed by atoms with van der Waals surface area (Å²) in [6.07, 6.45) is 38.9. The predicted octanol–water partition coefficient (Wildman–Crippen LogP) is 12.0. The number of aliphatic hydroxyl groups excluding tert-OH is 2. The van der Waals surface area contributed by atoms with E-state index in [4.69, 9.17) is 23.6 Å². The van der Waals surface area contributed by atoms with E-state index in [1.54, 1.807) is 0 Å². The minimum absolute atomic E-state index is 0.186. The van der Waals surface area contributed by atoms with Crippen LogP contribution in [-0.2, 0) is 32.7 Å². The number of hydrogen-bond donors (Lipinski definition) is 3. The molecule has 3 N–H and O–H groups in total. The Labute approximate surface area is 336 Å². The van der Waals surface area contributed by atoms with Crippen LogP contribution in [0.1, 0.15) is 219 Å². The van der Waals surface area contributed by atoms with Crippen LogP contribution in [0.25, 0.3) is 0 Å². The van der Waals surface area contributed by atoms with Gasteiger partial charge in [0.05, 0.1) is 19.8 Å². The number of carbonyl (C=O) groups excluding carboxylic acids is 2. The highest BCUT2D eigenvalue weighted by atomic mass is 31.2. The lowest BCUT2D eigenvalue weighted by Gasteiger charge is -2.20. The molecule has 0 radical (unpaired) electrons. The van der Waals surface area contributed by atoms with Crippen molar-refractivity contribution in [3.63, 3.8) is 0 Å². The van der Waals surface area contributed by atoms with E-state index < -0.39 is 51.8 Å². The fraction of sp³-hybridized carbons (Fsp3) is 0.909. The lowest BCUT2D eigenvalue weighted by atomic mass is 10.0. The molecule has 3 atom stereocenters. The average molecular weight is 805 g/mol. The van der Waals surface area contributed by atoms with Crippen LogP contribution in [0.2, 0.25) is 0 Å². The molecule has 0 aliphatic rings. The second kappa shape index (κ2) is 40.9.